The summed E-state index contributed by atoms with van der Waals surface area (Å²) in [5, 5.41) is 12.4. The molecule has 0 bridgehead atoms. The van der Waals surface area contributed by atoms with Gasteiger partial charge in [0.1, 0.15) is 6.10 Å². The second-order valence-electron chi connectivity index (χ2n) is 6.40. The molecule has 0 aromatic heterocycles. The Morgan fingerprint density at radius 1 is 1.26 bits per heavy atom. The molecule has 0 radical (unpaired) electrons. The van der Waals surface area contributed by atoms with E-state index in [1.165, 1.54) is 0 Å². The van der Waals surface area contributed by atoms with Crippen LogP contribution in [0.4, 0.5) is 4.79 Å². The summed E-state index contributed by atoms with van der Waals surface area (Å²) in [5.74, 6) is 0. The Kier molecular flexibility index (Phi) is 5.51. The lowest BCUT2D eigenvalue weighted by Crippen LogP contribution is -2.52. The molecule has 3 atom stereocenters. The number of rotatable bonds is 4. The predicted molar refractivity (Wildman–Crippen MR) is 88.1 cm³/mol. The lowest BCUT2D eigenvalue weighted by Gasteiger charge is -2.36. The van der Waals surface area contributed by atoms with Crippen LogP contribution in [-0.2, 0) is 4.74 Å². The smallest absolute Gasteiger partial charge is 0.317 e. The number of aliphatic hydroxyl groups is 1. The van der Waals surface area contributed by atoms with E-state index >= 15 is 0 Å². The number of amides is 2. The molecule has 3 unspecified atom stereocenters. The zero-order valence-electron chi connectivity index (χ0n) is 13.5. The molecule has 2 amide bonds. The van der Waals surface area contributed by atoms with Crippen LogP contribution in [0, 0.1) is 0 Å². The molecule has 0 aliphatic carbocycles. The normalized spacial score (nSPS) is 27.9. The molecule has 2 N–H and O–H groups in total. The van der Waals surface area contributed by atoms with Crippen LogP contribution in [-0.4, -0.2) is 47.9 Å². The van der Waals surface area contributed by atoms with Gasteiger partial charge in [0.05, 0.1) is 6.04 Å². The first kappa shape index (κ1) is 16.3. The van der Waals surface area contributed by atoms with E-state index in [1.807, 2.05) is 35.2 Å². The summed E-state index contributed by atoms with van der Waals surface area (Å²) >= 11 is 0. The highest BCUT2D eigenvalue weighted by atomic mass is 16.5. The number of carbonyl (C=O) groups is 1. The van der Waals surface area contributed by atoms with Crippen LogP contribution in [0.25, 0.3) is 0 Å². The molecule has 23 heavy (non-hydrogen) atoms. The van der Waals surface area contributed by atoms with Crippen molar-refractivity contribution in [1.82, 2.24) is 10.2 Å². The van der Waals surface area contributed by atoms with E-state index in [0.717, 1.165) is 37.8 Å². The number of nitrogens with zero attached hydrogens (tertiary/aromatic N) is 1. The van der Waals surface area contributed by atoms with Gasteiger partial charge in [-0.15, -0.1) is 0 Å². The third-order valence-electron chi connectivity index (χ3n) is 4.88. The highest BCUT2D eigenvalue weighted by Gasteiger charge is 2.34. The molecule has 0 spiro atoms. The molecule has 0 saturated carbocycles. The Labute approximate surface area is 137 Å². The van der Waals surface area contributed by atoms with Gasteiger partial charge in [-0.3, -0.25) is 0 Å². The van der Waals surface area contributed by atoms with Crippen LogP contribution in [0.1, 0.15) is 43.8 Å². The molecule has 2 fully saturated rings. The molecule has 2 heterocycles. The minimum Gasteiger partial charge on any atom is -0.396 e. The van der Waals surface area contributed by atoms with Crippen LogP contribution < -0.4 is 5.32 Å². The number of benzene rings is 1. The van der Waals surface area contributed by atoms with Gasteiger partial charge in [-0.2, -0.15) is 0 Å². The van der Waals surface area contributed by atoms with Gasteiger partial charge in [0, 0.05) is 25.8 Å². The van der Waals surface area contributed by atoms with Crippen molar-refractivity contribution in [1.29, 1.82) is 0 Å². The Bertz CT molecular complexity index is 506. The van der Waals surface area contributed by atoms with Gasteiger partial charge in [-0.25, -0.2) is 4.79 Å². The van der Waals surface area contributed by atoms with Crippen molar-refractivity contribution in [3.63, 3.8) is 0 Å². The fourth-order valence-electron chi connectivity index (χ4n) is 3.67. The number of piperidine rings is 1. The monoisotopic (exact) mass is 318 g/mol. The molecule has 5 nitrogen and oxygen atoms in total. The van der Waals surface area contributed by atoms with Crippen LogP contribution in [0.15, 0.2) is 30.3 Å². The van der Waals surface area contributed by atoms with E-state index < -0.39 is 0 Å². The minimum atomic E-state index is -0.0683. The number of likely N-dealkylation sites (tertiary alicyclic amines) is 1. The lowest BCUT2D eigenvalue weighted by molar-refractivity contribution is 0.0932. The van der Waals surface area contributed by atoms with Crippen molar-refractivity contribution in [3.8, 4) is 0 Å². The molecular weight excluding hydrogens is 292 g/mol. The summed E-state index contributed by atoms with van der Waals surface area (Å²) in [6, 6.07) is 10.2. The summed E-state index contributed by atoms with van der Waals surface area (Å²) in [6.07, 6.45) is 4.59. The molecule has 2 aliphatic rings. The van der Waals surface area contributed by atoms with Crippen molar-refractivity contribution < 1.29 is 14.6 Å². The van der Waals surface area contributed by atoms with Gasteiger partial charge in [0.15, 0.2) is 0 Å². The summed E-state index contributed by atoms with van der Waals surface area (Å²) in [5.41, 5.74) is 1.11. The number of aliphatic hydroxyl groups excluding tert-OH is 1. The van der Waals surface area contributed by atoms with Gasteiger partial charge in [-0.1, -0.05) is 30.3 Å². The van der Waals surface area contributed by atoms with Gasteiger partial charge in [0.25, 0.3) is 0 Å². The average Bonchev–Trinajstić information content (AvgIpc) is 3.04. The molecule has 1 aromatic rings. The van der Waals surface area contributed by atoms with Gasteiger partial charge >= 0.3 is 6.03 Å². The number of hydrogen-bond acceptors (Lipinski definition) is 3. The first-order chi connectivity index (χ1) is 11.3. The molecular formula is C18H26N2O3. The summed E-state index contributed by atoms with van der Waals surface area (Å²) in [4.78, 5) is 14.6. The summed E-state index contributed by atoms with van der Waals surface area (Å²) < 4.78 is 5.84. The minimum absolute atomic E-state index is 0.0143. The van der Waals surface area contributed by atoms with Crippen LogP contribution in [0.3, 0.4) is 0 Å². The zero-order valence-corrected chi connectivity index (χ0v) is 13.5. The molecule has 5 heteroatoms. The van der Waals surface area contributed by atoms with E-state index in [2.05, 4.69) is 5.32 Å². The number of ether oxygens (including phenoxy) is 1. The Hall–Kier alpha value is -1.59. The van der Waals surface area contributed by atoms with Crippen LogP contribution in [0.5, 0.6) is 0 Å². The second kappa shape index (κ2) is 7.79. The van der Waals surface area contributed by atoms with E-state index in [9.17, 15) is 9.90 Å². The maximum absolute atomic E-state index is 12.7. The number of hydrogen-bond donors (Lipinski definition) is 2. The van der Waals surface area contributed by atoms with Gasteiger partial charge < -0.3 is 20.1 Å². The van der Waals surface area contributed by atoms with Crippen molar-refractivity contribution in [2.24, 2.45) is 0 Å². The first-order valence-electron chi connectivity index (χ1n) is 8.64. The Morgan fingerprint density at radius 2 is 2.09 bits per heavy atom. The SMILES string of the molecule is O=C(NC1CCOC1c1ccccc1)N1CCCCC1CCO. The van der Waals surface area contributed by atoms with E-state index in [1.54, 1.807) is 0 Å². The number of nitrogens with one attached hydrogen (secondary N) is 1. The van der Waals surface area contributed by atoms with Gasteiger partial charge in [0.2, 0.25) is 0 Å². The van der Waals surface area contributed by atoms with Crippen molar-refractivity contribution in [2.45, 2.75) is 50.3 Å². The Morgan fingerprint density at radius 3 is 2.87 bits per heavy atom. The molecule has 2 saturated heterocycles. The van der Waals surface area contributed by atoms with E-state index in [0.29, 0.717) is 13.0 Å². The Balaban J connectivity index is 1.64. The van der Waals surface area contributed by atoms with Gasteiger partial charge in [-0.05, 0) is 37.7 Å². The molecule has 126 valence electrons. The summed E-state index contributed by atoms with van der Waals surface area (Å²) in [7, 11) is 0. The third-order valence-corrected chi connectivity index (χ3v) is 4.88. The largest absolute Gasteiger partial charge is 0.396 e. The first-order valence-corrected chi connectivity index (χ1v) is 8.64. The van der Waals surface area contributed by atoms with Crippen LogP contribution in [0.2, 0.25) is 0 Å². The zero-order chi connectivity index (χ0) is 16.1. The van der Waals surface area contributed by atoms with Crippen molar-refractivity contribution in [3.05, 3.63) is 35.9 Å². The van der Waals surface area contributed by atoms with Crippen LogP contribution >= 0.6 is 0 Å². The predicted octanol–water partition coefficient (Wildman–Crippen LogP) is 2.46. The lowest BCUT2D eigenvalue weighted by atomic mass is 9.99. The fourth-order valence-corrected chi connectivity index (χ4v) is 3.67. The second-order valence-corrected chi connectivity index (χ2v) is 6.40. The maximum Gasteiger partial charge on any atom is 0.317 e. The summed E-state index contributed by atoms with van der Waals surface area (Å²) in [6.45, 7) is 1.58. The third kappa shape index (κ3) is 3.85. The number of carbonyl (C=O) groups excluding carboxylic acids is 1. The van der Waals surface area contributed by atoms with Crippen molar-refractivity contribution in [2.75, 3.05) is 19.8 Å². The highest BCUT2D eigenvalue weighted by Crippen LogP contribution is 2.29. The van der Waals surface area contributed by atoms with E-state index in [4.69, 9.17) is 4.74 Å². The quantitative estimate of drug-likeness (QED) is 0.896. The van der Waals surface area contributed by atoms with Crippen molar-refractivity contribution >= 4 is 6.03 Å². The van der Waals surface area contributed by atoms with E-state index in [-0.39, 0.29) is 30.8 Å². The molecule has 1 aromatic carbocycles. The fraction of sp³-hybridized carbons (Fsp3) is 0.611. The maximum atomic E-state index is 12.7. The molecule has 2 aliphatic heterocycles. The molecule has 3 rings (SSSR count). The average molecular weight is 318 g/mol. The highest BCUT2D eigenvalue weighted by molar-refractivity contribution is 5.75. The number of urea groups is 1. The topological polar surface area (TPSA) is 61.8 Å². The standard InChI is InChI=1S/C18H26N2O3/c21-12-9-15-8-4-5-11-20(15)18(22)19-16-10-13-23-17(16)14-6-2-1-3-7-14/h1-3,6-7,15-17,21H,4-5,8-13H2,(H,19,22).